The van der Waals surface area contributed by atoms with Gasteiger partial charge in [0.1, 0.15) is 11.2 Å². The molecule has 0 bridgehead atoms. The molecule has 1 amide bonds. The van der Waals surface area contributed by atoms with E-state index in [0.29, 0.717) is 12.5 Å². The summed E-state index contributed by atoms with van der Waals surface area (Å²) in [5.41, 5.74) is -0.329. The Morgan fingerprint density at radius 2 is 1.79 bits per heavy atom. The van der Waals surface area contributed by atoms with Crippen LogP contribution >= 0.6 is 0 Å². The molecule has 188 valence electrons. The molecule has 3 atom stereocenters. The first-order valence-electron chi connectivity index (χ1n) is 11.2. The fourth-order valence-corrected chi connectivity index (χ4v) is 6.66. The van der Waals surface area contributed by atoms with E-state index in [0.717, 1.165) is 12.7 Å². The minimum absolute atomic E-state index is 0.0209. The number of rotatable bonds is 6. The van der Waals surface area contributed by atoms with E-state index in [1.165, 1.54) is 25.1 Å². The number of carbonyl (C=O) groups is 2. The zero-order valence-electron chi connectivity index (χ0n) is 20.6. The molecule has 0 aromatic heterocycles. The molecule has 2 aliphatic rings. The quantitative estimate of drug-likeness (QED) is 0.585. The summed E-state index contributed by atoms with van der Waals surface area (Å²) in [7, 11) is -7.62. The lowest BCUT2D eigenvalue weighted by atomic mass is 9.81. The van der Waals surface area contributed by atoms with Crippen molar-refractivity contribution in [3.8, 4) is 0 Å². The Morgan fingerprint density at radius 3 is 2.32 bits per heavy atom. The topological polar surface area (TPSA) is 130 Å². The fourth-order valence-electron chi connectivity index (χ4n) is 4.52. The normalized spacial score (nSPS) is 24.9. The minimum Gasteiger partial charge on any atom is -0.331 e. The summed E-state index contributed by atoms with van der Waals surface area (Å²) in [5.74, 6) is -1.68. The van der Waals surface area contributed by atoms with Crippen LogP contribution in [0.5, 0.6) is 0 Å². The van der Waals surface area contributed by atoms with Gasteiger partial charge < -0.3 is 4.90 Å². The molecule has 11 heteroatoms. The third-order valence-electron chi connectivity index (χ3n) is 6.16. The van der Waals surface area contributed by atoms with E-state index in [4.69, 9.17) is 0 Å². The molecule has 2 heterocycles. The van der Waals surface area contributed by atoms with Gasteiger partial charge in [0.25, 0.3) is 0 Å². The van der Waals surface area contributed by atoms with Crippen molar-refractivity contribution in [3.05, 3.63) is 18.2 Å². The van der Waals surface area contributed by atoms with Gasteiger partial charge in [-0.3, -0.25) is 19.3 Å². The van der Waals surface area contributed by atoms with E-state index >= 15 is 0 Å². The first-order chi connectivity index (χ1) is 15.4. The summed E-state index contributed by atoms with van der Waals surface area (Å²) in [6, 6.07) is 3.32. The van der Waals surface area contributed by atoms with Crippen molar-refractivity contribution in [1.29, 1.82) is 0 Å². The number of aliphatic imine (C=N–C) groups is 1. The number of hydrogen-bond donors (Lipinski definition) is 1. The number of hydrogen-bond acceptors (Lipinski definition) is 7. The SMILES string of the molecule is CC(C)CCN1C(=O)C(C2=Nc3ccc(NS(C)(=O)=O)cc3S(=O)(=O)C2C)C(=O)[C@@H]1C(C)(C)C. The van der Waals surface area contributed by atoms with Crippen LogP contribution in [0.25, 0.3) is 0 Å². The maximum atomic E-state index is 13.6. The molecule has 1 fully saturated rings. The van der Waals surface area contributed by atoms with Crippen molar-refractivity contribution < 1.29 is 26.4 Å². The average molecular weight is 512 g/mol. The third-order valence-corrected chi connectivity index (χ3v) is 8.88. The van der Waals surface area contributed by atoms with Gasteiger partial charge in [-0.1, -0.05) is 34.6 Å². The van der Waals surface area contributed by atoms with Gasteiger partial charge in [0, 0.05) is 12.2 Å². The molecule has 1 aromatic carbocycles. The van der Waals surface area contributed by atoms with Gasteiger partial charge in [-0.25, -0.2) is 16.8 Å². The summed E-state index contributed by atoms with van der Waals surface area (Å²) in [6.45, 7) is 11.6. The Balaban J connectivity index is 2.10. The van der Waals surface area contributed by atoms with Crippen LogP contribution in [0.1, 0.15) is 48.0 Å². The molecule has 0 saturated carbocycles. The van der Waals surface area contributed by atoms with Gasteiger partial charge in [0.15, 0.2) is 15.6 Å². The van der Waals surface area contributed by atoms with E-state index in [1.807, 2.05) is 34.6 Å². The molecule has 1 saturated heterocycles. The highest BCUT2D eigenvalue weighted by molar-refractivity contribution is 7.93. The highest BCUT2D eigenvalue weighted by Gasteiger charge is 2.55. The fraction of sp³-hybridized carbons (Fsp3) is 0.609. The molecule has 34 heavy (non-hydrogen) atoms. The molecule has 0 spiro atoms. The first kappa shape index (κ1) is 26.3. The Hall–Kier alpha value is -2.27. The lowest BCUT2D eigenvalue weighted by Gasteiger charge is -2.34. The van der Waals surface area contributed by atoms with Crippen molar-refractivity contribution in [1.82, 2.24) is 4.90 Å². The first-order valence-corrected chi connectivity index (χ1v) is 14.7. The van der Waals surface area contributed by atoms with Crippen molar-refractivity contribution in [2.75, 3.05) is 17.5 Å². The van der Waals surface area contributed by atoms with Crippen LogP contribution in [0.3, 0.4) is 0 Å². The van der Waals surface area contributed by atoms with Gasteiger partial charge in [-0.2, -0.15) is 0 Å². The monoisotopic (exact) mass is 511 g/mol. The lowest BCUT2D eigenvalue weighted by molar-refractivity contribution is -0.131. The summed E-state index contributed by atoms with van der Waals surface area (Å²) in [4.78, 5) is 33.0. The van der Waals surface area contributed by atoms with Gasteiger partial charge in [0.05, 0.1) is 28.6 Å². The number of likely N-dealkylation sites (tertiary alicyclic amines) is 1. The minimum atomic E-state index is -4.02. The second-order valence-electron chi connectivity index (χ2n) is 10.6. The number of fused-ring (bicyclic) bond motifs is 1. The molecule has 2 unspecified atom stereocenters. The number of anilines is 1. The average Bonchev–Trinajstić information content (AvgIpc) is 2.92. The third kappa shape index (κ3) is 4.91. The molecule has 2 aliphatic heterocycles. The van der Waals surface area contributed by atoms with E-state index in [-0.39, 0.29) is 27.8 Å². The van der Waals surface area contributed by atoms with Crippen molar-refractivity contribution in [2.24, 2.45) is 22.2 Å². The van der Waals surface area contributed by atoms with E-state index in [9.17, 15) is 26.4 Å². The Morgan fingerprint density at radius 1 is 1.18 bits per heavy atom. The molecule has 1 N–H and O–H groups in total. The number of benzene rings is 1. The van der Waals surface area contributed by atoms with Crippen LogP contribution in [0.15, 0.2) is 28.1 Å². The second-order valence-corrected chi connectivity index (χ2v) is 14.6. The Kier molecular flexibility index (Phi) is 6.77. The van der Waals surface area contributed by atoms with Crippen molar-refractivity contribution in [3.63, 3.8) is 0 Å². The number of ketones is 1. The van der Waals surface area contributed by atoms with Crippen LogP contribution in [-0.2, 0) is 29.4 Å². The van der Waals surface area contributed by atoms with Crippen LogP contribution in [0.4, 0.5) is 11.4 Å². The predicted molar refractivity (Wildman–Crippen MR) is 132 cm³/mol. The summed E-state index contributed by atoms with van der Waals surface area (Å²) in [6.07, 6.45) is 1.69. The number of sulfone groups is 1. The lowest BCUT2D eigenvalue weighted by Crippen LogP contribution is -2.45. The number of amides is 1. The van der Waals surface area contributed by atoms with Crippen LogP contribution in [-0.4, -0.2) is 63.2 Å². The maximum Gasteiger partial charge on any atom is 0.239 e. The van der Waals surface area contributed by atoms with Crippen LogP contribution in [0.2, 0.25) is 0 Å². The summed E-state index contributed by atoms with van der Waals surface area (Å²) >= 11 is 0. The standard InChI is InChI=1S/C23H33N3O6S2/c1-13(2)10-11-26-21(23(4,5)6)20(27)18(22(26)28)19-14(3)34(31,32)17-12-15(25-33(7,29)30)8-9-16(17)24-19/h8-9,12-14,18,21,25H,10-11H2,1-7H3/t14?,18?,21-/m1/s1. The van der Waals surface area contributed by atoms with Crippen molar-refractivity contribution >= 4 is 48.6 Å². The maximum absolute atomic E-state index is 13.6. The van der Waals surface area contributed by atoms with E-state index in [2.05, 4.69) is 9.71 Å². The molecule has 0 radical (unpaired) electrons. The Labute approximate surface area is 202 Å². The van der Waals surface area contributed by atoms with Gasteiger partial charge in [-0.15, -0.1) is 0 Å². The van der Waals surface area contributed by atoms with Crippen LogP contribution in [0, 0.1) is 17.3 Å². The van der Waals surface area contributed by atoms with E-state index in [1.54, 1.807) is 4.90 Å². The Bertz CT molecular complexity index is 1260. The van der Waals surface area contributed by atoms with Gasteiger partial charge in [0.2, 0.25) is 15.9 Å². The number of sulfonamides is 1. The molecule has 0 aliphatic carbocycles. The number of nitrogens with zero attached hydrogens (tertiary/aromatic N) is 2. The zero-order chi connectivity index (χ0) is 25.8. The second kappa shape index (κ2) is 8.75. The largest absolute Gasteiger partial charge is 0.331 e. The zero-order valence-corrected chi connectivity index (χ0v) is 22.2. The highest BCUT2D eigenvalue weighted by Crippen LogP contribution is 2.41. The molecular weight excluding hydrogens is 478 g/mol. The molecule has 1 aromatic rings. The smallest absolute Gasteiger partial charge is 0.239 e. The number of nitrogens with one attached hydrogen (secondary N) is 1. The van der Waals surface area contributed by atoms with Crippen LogP contribution < -0.4 is 4.72 Å². The van der Waals surface area contributed by atoms with E-state index < -0.39 is 48.4 Å². The summed E-state index contributed by atoms with van der Waals surface area (Å²) < 4.78 is 52.2. The predicted octanol–water partition coefficient (Wildman–Crippen LogP) is 2.79. The molecule has 3 rings (SSSR count). The van der Waals surface area contributed by atoms with Gasteiger partial charge >= 0.3 is 0 Å². The van der Waals surface area contributed by atoms with Gasteiger partial charge in [-0.05, 0) is 42.9 Å². The number of Topliss-reactive ketones (excluding diaryl/α,β-unsaturated/α-hetero) is 1. The molecule has 9 nitrogen and oxygen atoms in total. The molecular formula is C23H33N3O6S2. The highest BCUT2D eigenvalue weighted by atomic mass is 32.2. The van der Waals surface area contributed by atoms with Crippen molar-refractivity contribution in [2.45, 2.75) is 64.2 Å². The summed E-state index contributed by atoms with van der Waals surface area (Å²) in [5, 5.41) is -1.21. The number of carbonyl (C=O) groups excluding carboxylic acids is 2.